The highest BCUT2D eigenvalue weighted by Crippen LogP contribution is 2.18. The lowest BCUT2D eigenvalue weighted by Gasteiger charge is -2.07. The number of ether oxygens (including phenoxy) is 1. The Labute approximate surface area is 108 Å². The number of hydrogen-bond donors (Lipinski definition) is 1. The van der Waals surface area contributed by atoms with Crippen molar-refractivity contribution in [2.75, 3.05) is 20.3 Å². The van der Waals surface area contributed by atoms with E-state index in [2.05, 4.69) is 9.82 Å². The fourth-order valence-corrected chi connectivity index (χ4v) is 3.35. The predicted molar refractivity (Wildman–Crippen MR) is 69.1 cm³/mol. The minimum Gasteiger partial charge on any atom is -0.385 e. The summed E-state index contributed by atoms with van der Waals surface area (Å²) in [4.78, 5) is 0.293. The predicted octanol–water partition coefficient (Wildman–Crippen LogP) is 0.835. The first-order valence-corrected chi connectivity index (χ1v) is 7.45. The lowest BCUT2D eigenvalue weighted by atomic mass is 10.4. The Morgan fingerprint density at radius 1 is 1.39 bits per heavy atom. The summed E-state index contributed by atoms with van der Waals surface area (Å²) in [6.45, 7) is 6.98. The summed E-state index contributed by atoms with van der Waals surface area (Å²) in [6.07, 6.45) is 0.649. The third-order valence-electron chi connectivity index (χ3n) is 2.70. The summed E-state index contributed by atoms with van der Waals surface area (Å²) >= 11 is 0. The fourth-order valence-electron chi connectivity index (χ4n) is 1.87. The molecule has 0 aliphatic rings. The molecule has 0 amide bonds. The Balaban J connectivity index is 2.88. The molecule has 1 N–H and O–H groups in total. The number of methoxy groups -OCH3 is 1. The van der Waals surface area contributed by atoms with Crippen LogP contribution < -0.4 is 4.72 Å². The maximum Gasteiger partial charge on any atom is 0.244 e. The van der Waals surface area contributed by atoms with Gasteiger partial charge in [0.25, 0.3) is 0 Å². The topological polar surface area (TPSA) is 73.2 Å². The summed E-state index contributed by atoms with van der Waals surface area (Å²) in [6, 6.07) is 0. The van der Waals surface area contributed by atoms with Gasteiger partial charge < -0.3 is 4.74 Å². The highest BCUT2D eigenvalue weighted by molar-refractivity contribution is 7.89. The van der Waals surface area contributed by atoms with Crippen molar-refractivity contribution in [3.8, 4) is 0 Å². The Hall–Kier alpha value is -0.920. The molecule has 7 heteroatoms. The average molecular weight is 275 g/mol. The van der Waals surface area contributed by atoms with Crippen LogP contribution in [-0.4, -0.2) is 38.5 Å². The van der Waals surface area contributed by atoms with Crippen LogP contribution in [-0.2, 0) is 21.3 Å². The number of nitrogens with zero attached hydrogens (tertiary/aromatic N) is 2. The number of aryl methyl sites for hydroxylation is 2. The lowest BCUT2D eigenvalue weighted by Crippen LogP contribution is -2.26. The molecule has 0 bridgehead atoms. The van der Waals surface area contributed by atoms with Gasteiger partial charge in [-0.1, -0.05) is 0 Å². The molecule has 0 atom stereocenters. The smallest absolute Gasteiger partial charge is 0.244 e. The molecule has 0 spiro atoms. The summed E-state index contributed by atoms with van der Waals surface area (Å²) in [5, 5.41) is 4.21. The average Bonchev–Trinajstić information content (AvgIpc) is 2.60. The Morgan fingerprint density at radius 2 is 2.06 bits per heavy atom. The monoisotopic (exact) mass is 275 g/mol. The summed E-state index contributed by atoms with van der Waals surface area (Å²) < 4.78 is 33.5. The maximum absolute atomic E-state index is 12.2. The first kappa shape index (κ1) is 15.1. The van der Waals surface area contributed by atoms with E-state index in [9.17, 15) is 8.42 Å². The van der Waals surface area contributed by atoms with Crippen LogP contribution in [0.15, 0.2) is 4.90 Å². The van der Waals surface area contributed by atoms with Crippen LogP contribution >= 0.6 is 0 Å². The van der Waals surface area contributed by atoms with Crippen molar-refractivity contribution in [2.24, 2.45) is 0 Å². The molecule has 1 rings (SSSR count). The third-order valence-corrected chi connectivity index (χ3v) is 4.41. The SMILES string of the molecule is CCn1nc(C)c(S(=O)(=O)NCCCOC)c1C. The zero-order valence-electron chi connectivity index (χ0n) is 11.4. The molecule has 0 aliphatic heterocycles. The van der Waals surface area contributed by atoms with Gasteiger partial charge in [0.1, 0.15) is 4.90 Å². The van der Waals surface area contributed by atoms with Crippen molar-refractivity contribution in [3.63, 3.8) is 0 Å². The van der Waals surface area contributed by atoms with Crippen LogP contribution in [0.1, 0.15) is 24.7 Å². The van der Waals surface area contributed by atoms with Crippen LogP contribution in [0, 0.1) is 13.8 Å². The maximum atomic E-state index is 12.2. The molecule has 0 saturated carbocycles. The van der Waals surface area contributed by atoms with E-state index in [1.807, 2.05) is 6.92 Å². The zero-order chi connectivity index (χ0) is 13.8. The summed E-state index contributed by atoms with van der Waals surface area (Å²) in [7, 11) is -1.89. The van der Waals surface area contributed by atoms with Gasteiger partial charge in [0.05, 0.1) is 11.4 Å². The van der Waals surface area contributed by atoms with Crippen LogP contribution in [0.3, 0.4) is 0 Å². The van der Waals surface area contributed by atoms with Gasteiger partial charge in [0, 0.05) is 26.8 Å². The second-order valence-electron chi connectivity index (χ2n) is 4.06. The number of hydrogen-bond acceptors (Lipinski definition) is 4. The summed E-state index contributed by atoms with van der Waals surface area (Å²) in [5.41, 5.74) is 1.21. The molecule has 6 nitrogen and oxygen atoms in total. The van der Waals surface area contributed by atoms with E-state index in [0.717, 1.165) is 0 Å². The highest BCUT2D eigenvalue weighted by Gasteiger charge is 2.23. The number of sulfonamides is 1. The zero-order valence-corrected chi connectivity index (χ0v) is 12.2. The Morgan fingerprint density at radius 3 is 2.56 bits per heavy atom. The van der Waals surface area contributed by atoms with Crippen molar-refractivity contribution in [2.45, 2.75) is 38.6 Å². The van der Waals surface area contributed by atoms with E-state index < -0.39 is 10.0 Å². The van der Waals surface area contributed by atoms with Crippen molar-refractivity contribution in [3.05, 3.63) is 11.4 Å². The number of aromatic nitrogens is 2. The largest absolute Gasteiger partial charge is 0.385 e. The first-order chi connectivity index (χ1) is 8.44. The van der Waals surface area contributed by atoms with Gasteiger partial charge in [-0.2, -0.15) is 5.10 Å². The van der Waals surface area contributed by atoms with Gasteiger partial charge in [-0.25, -0.2) is 13.1 Å². The molecular weight excluding hydrogens is 254 g/mol. The van der Waals surface area contributed by atoms with E-state index in [-0.39, 0.29) is 0 Å². The lowest BCUT2D eigenvalue weighted by molar-refractivity contribution is 0.196. The van der Waals surface area contributed by atoms with Gasteiger partial charge in [0.15, 0.2) is 0 Å². The minimum absolute atomic E-state index is 0.293. The highest BCUT2D eigenvalue weighted by atomic mass is 32.2. The molecule has 1 aromatic rings. The standard InChI is InChI=1S/C11H21N3O3S/c1-5-14-10(3)11(9(2)13-14)18(15,16)12-7-6-8-17-4/h12H,5-8H2,1-4H3. The van der Waals surface area contributed by atoms with E-state index in [1.165, 1.54) is 0 Å². The molecule has 0 saturated heterocycles. The van der Waals surface area contributed by atoms with Gasteiger partial charge in [-0.05, 0) is 27.2 Å². The number of rotatable bonds is 7. The van der Waals surface area contributed by atoms with E-state index in [1.54, 1.807) is 25.6 Å². The molecule has 0 aliphatic carbocycles. The first-order valence-electron chi connectivity index (χ1n) is 5.96. The molecule has 0 aromatic carbocycles. The van der Waals surface area contributed by atoms with Crippen LogP contribution in [0.2, 0.25) is 0 Å². The van der Waals surface area contributed by atoms with Gasteiger partial charge in [-0.15, -0.1) is 0 Å². The van der Waals surface area contributed by atoms with Crippen LogP contribution in [0.25, 0.3) is 0 Å². The van der Waals surface area contributed by atoms with Gasteiger partial charge in [-0.3, -0.25) is 4.68 Å². The summed E-state index contributed by atoms with van der Waals surface area (Å²) in [5.74, 6) is 0. The van der Waals surface area contributed by atoms with Crippen molar-refractivity contribution in [1.82, 2.24) is 14.5 Å². The molecule has 0 fully saturated rings. The molecule has 0 radical (unpaired) electrons. The van der Waals surface area contributed by atoms with E-state index in [4.69, 9.17) is 4.74 Å². The fraction of sp³-hybridized carbons (Fsp3) is 0.727. The third kappa shape index (κ3) is 3.30. The van der Waals surface area contributed by atoms with Crippen LogP contribution in [0.5, 0.6) is 0 Å². The molecule has 1 heterocycles. The normalized spacial score (nSPS) is 12.0. The van der Waals surface area contributed by atoms with E-state index in [0.29, 0.717) is 42.4 Å². The van der Waals surface area contributed by atoms with Crippen molar-refractivity contribution >= 4 is 10.0 Å². The van der Waals surface area contributed by atoms with Crippen molar-refractivity contribution < 1.29 is 13.2 Å². The Kier molecular flexibility index (Phi) is 5.30. The van der Waals surface area contributed by atoms with E-state index >= 15 is 0 Å². The van der Waals surface area contributed by atoms with Gasteiger partial charge >= 0.3 is 0 Å². The van der Waals surface area contributed by atoms with Crippen LogP contribution in [0.4, 0.5) is 0 Å². The minimum atomic E-state index is -3.48. The molecule has 104 valence electrons. The molecule has 18 heavy (non-hydrogen) atoms. The quantitative estimate of drug-likeness (QED) is 0.748. The molecular formula is C11H21N3O3S. The number of nitrogens with one attached hydrogen (secondary N) is 1. The van der Waals surface area contributed by atoms with Crippen molar-refractivity contribution in [1.29, 1.82) is 0 Å². The molecule has 0 unspecified atom stereocenters. The molecule has 1 aromatic heterocycles. The van der Waals surface area contributed by atoms with Gasteiger partial charge in [0.2, 0.25) is 10.0 Å². The second kappa shape index (κ2) is 6.31. The second-order valence-corrected chi connectivity index (χ2v) is 5.76. The Bertz CT molecular complexity index is 494.